The van der Waals surface area contributed by atoms with Gasteiger partial charge < -0.3 is 10.3 Å². The summed E-state index contributed by atoms with van der Waals surface area (Å²) < 4.78 is 1.82. The van der Waals surface area contributed by atoms with Crippen molar-refractivity contribution in [1.82, 2.24) is 29.5 Å². The van der Waals surface area contributed by atoms with Gasteiger partial charge in [-0.1, -0.05) is 6.08 Å². The average molecular weight is 288 g/mol. The molecule has 0 atom stereocenters. The van der Waals surface area contributed by atoms with Crippen LogP contribution in [0.25, 0.3) is 22.6 Å². The molecule has 0 aliphatic heterocycles. The number of anilines is 1. The van der Waals surface area contributed by atoms with E-state index in [1.54, 1.807) is 12.4 Å². The molecule has 0 saturated carbocycles. The van der Waals surface area contributed by atoms with Crippen LogP contribution in [0.15, 0.2) is 31.4 Å². The van der Waals surface area contributed by atoms with E-state index in [-0.39, 0.29) is 5.28 Å². The number of nitrogens with two attached hydrogens (primary N) is 1. The fourth-order valence-corrected chi connectivity index (χ4v) is 1.99. The van der Waals surface area contributed by atoms with E-state index < -0.39 is 0 Å². The van der Waals surface area contributed by atoms with Gasteiger partial charge in [-0.05, 0) is 11.6 Å². The molecule has 0 amide bonds. The van der Waals surface area contributed by atoms with Gasteiger partial charge in [-0.15, -0.1) is 6.58 Å². The van der Waals surface area contributed by atoms with Crippen LogP contribution in [0.4, 0.5) is 5.82 Å². The predicted molar refractivity (Wildman–Crippen MR) is 76.0 cm³/mol. The first kappa shape index (κ1) is 12.5. The van der Waals surface area contributed by atoms with Crippen LogP contribution in [0.5, 0.6) is 0 Å². The van der Waals surface area contributed by atoms with Gasteiger partial charge in [0.2, 0.25) is 5.28 Å². The van der Waals surface area contributed by atoms with Gasteiger partial charge in [0.05, 0.1) is 18.7 Å². The van der Waals surface area contributed by atoms with E-state index >= 15 is 0 Å². The summed E-state index contributed by atoms with van der Waals surface area (Å²) in [6.45, 7) is 4.27. The average Bonchev–Trinajstić information content (AvgIpc) is 2.82. The molecule has 0 unspecified atom stereocenters. The molecule has 0 fully saturated rings. The molecule has 0 saturated heterocycles. The van der Waals surface area contributed by atoms with Crippen LogP contribution in [-0.2, 0) is 6.54 Å². The smallest absolute Gasteiger partial charge is 0.225 e. The van der Waals surface area contributed by atoms with Crippen LogP contribution < -0.4 is 5.73 Å². The quantitative estimate of drug-likeness (QED) is 0.582. The first-order valence-electron chi connectivity index (χ1n) is 5.76. The van der Waals surface area contributed by atoms with Gasteiger partial charge in [-0.3, -0.25) is 0 Å². The minimum atomic E-state index is 0.122. The highest BCUT2D eigenvalue weighted by molar-refractivity contribution is 6.28. The number of allylic oxidation sites excluding steroid dienone is 1. The second-order valence-corrected chi connectivity index (χ2v) is 4.36. The lowest BCUT2D eigenvalue weighted by Gasteiger charge is -2.03. The van der Waals surface area contributed by atoms with Crippen molar-refractivity contribution in [1.29, 1.82) is 0 Å². The standard InChI is InChI=1S/C12H10ClN7/c1-2-3-20-6-17-10-9(18-12(13)19-11(10)20)7-4-16-8(14)5-15-7/h2,4-6H,1,3H2,(H2,14,16). The molecule has 3 heterocycles. The lowest BCUT2D eigenvalue weighted by molar-refractivity contribution is 0.838. The van der Waals surface area contributed by atoms with E-state index in [9.17, 15) is 0 Å². The van der Waals surface area contributed by atoms with Crippen molar-refractivity contribution in [2.24, 2.45) is 0 Å². The SMILES string of the molecule is C=CCn1cnc2c(-c3cnc(N)cn3)nc(Cl)nc21. The van der Waals surface area contributed by atoms with Crippen LogP contribution in [-0.4, -0.2) is 29.5 Å². The molecule has 20 heavy (non-hydrogen) atoms. The Hall–Kier alpha value is -2.54. The molecule has 0 aliphatic rings. The summed E-state index contributed by atoms with van der Waals surface area (Å²) >= 11 is 5.97. The van der Waals surface area contributed by atoms with Gasteiger partial charge in [0.15, 0.2) is 5.65 Å². The van der Waals surface area contributed by atoms with E-state index in [0.29, 0.717) is 34.9 Å². The van der Waals surface area contributed by atoms with Crippen LogP contribution in [0.3, 0.4) is 0 Å². The molecule has 3 rings (SSSR count). The number of nitrogen functional groups attached to an aromatic ring is 1. The summed E-state index contributed by atoms with van der Waals surface area (Å²) in [6.07, 6.45) is 6.39. The number of fused-ring (bicyclic) bond motifs is 1. The summed E-state index contributed by atoms with van der Waals surface area (Å²) in [4.78, 5) is 20.9. The Morgan fingerprint density at radius 2 is 2.10 bits per heavy atom. The third-order valence-corrected chi connectivity index (χ3v) is 2.85. The third-order valence-electron chi connectivity index (χ3n) is 2.68. The Morgan fingerprint density at radius 1 is 1.25 bits per heavy atom. The lowest BCUT2D eigenvalue weighted by atomic mass is 10.3. The van der Waals surface area contributed by atoms with Crippen molar-refractivity contribution >= 4 is 28.6 Å². The van der Waals surface area contributed by atoms with Gasteiger partial charge >= 0.3 is 0 Å². The van der Waals surface area contributed by atoms with Crippen molar-refractivity contribution < 1.29 is 0 Å². The number of hydrogen-bond donors (Lipinski definition) is 1. The van der Waals surface area contributed by atoms with Crippen molar-refractivity contribution in [2.75, 3.05) is 5.73 Å². The molecule has 2 N–H and O–H groups in total. The van der Waals surface area contributed by atoms with Gasteiger partial charge in [-0.25, -0.2) is 19.9 Å². The number of imidazole rings is 1. The molecule has 8 heteroatoms. The minimum Gasteiger partial charge on any atom is -0.382 e. The van der Waals surface area contributed by atoms with Crippen LogP contribution >= 0.6 is 11.6 Å². The highest BCUT2D eigenvalue weighted by Crippen LogP contribution is 2.24. The summed E-state index contributed by atoms with van der Waals surface area (Å²) in [5.74, 6) is 0.335. The van der Waals surface area contributed by atoms with Crippen LogP contribution in [0.2, 0.25) is 5.28 Å². The van der Waals surface area contributed by atoms with Crippen molar-refractivity contribution in [3.63, 3.8) is 0 Å². The molecule has 3 aromatic heterocycles. The van der Waals surface area contributed by atoms with Crippen LogP contribution in [0, 0.1) is 0 Å². The fraction of sp³-hybridized carbons (Fsp3) is 0.0833. The zero-order valence-corrected chi connectivity index (χ0v) is 11.1. The minimum absolute atomic E-state index is 0.122. The highest BCUT2D eigenvalue weighted by Gasteiger charge is 2.15. The van der Waals surface area contributed by atoms with E-state index in [1.807, 2.05) is 4.57 Å². The molecule has 7 nitrogen and oxygen atoms in total. The van der Waals surface area contributed by atoms with E-state index in [0.717, 1.165) is 0 Å². The maximum atomic E-state index is 5.97. The van der Waals surface area contributed by atoms with Gasteiger partial charge in [0.25, 0.3) is 0 Å². The second kappa shape index (κ2) is 4.86. The Labute approximate surface area is 119 Å². The summed E-state index contributed by atoms with van der Waals surface area (Å²) in [7, 11) is 0. The normalized spacial score (nSPS) is 10.8. The zero-order chi connectivity index (χ0) is 14.1. The molecule has 0 spiro atoms. The van der Waals surface area contributed by atoms with Gasteiger partial charge in [-0.2, -0.15) is 4.98 Å². The van der Waals surface area contributed by atoms with E-state index in [1.165, 1.54) is 12.4 Å². The predicted octanol–water partition coefficient (Wildman–Crippen LogP) is 1.70. The van der Waals surface area contributed by atoms with E-state index in [2.05, 4.69) is 31.5 Å². The third kappa shape index (κ3) is 2.08. The number of halogens is 1. The zero-order valence-electron chi connectivity index (χ0n) is 10.4. The molecule has 0 aromatic carbocycles. The Morgan fingerprint density at radius 3 is 2.80 bits per heavy atom. The van der Waals surface area contributed by atoms with Gasteiger partial charge in [0.1, 0.15) is 22.7 Å². The maximum absolute atomic E-state index is 5.97. The van der Waals surface area contributed by atoms with Gasteiger partial charge in [0, 0.05) is 6.54 Å². The fourth-order valence-electron chi connectivity index (χ4n) is 1.83. The molecule has 0 bridgehead atoms. The van der Waals surface area contributed by atoms with Crippen molar-refractivity contribution in [3.8, 4) is 11.4 Å². The maximum Gasteiger partial charge on any atom is 0.225 e. The van der Waals surface area contributed by atoms with Crippen molar-refractivity contribution in [2.45, 2.75) is 6.54 Å². The number of nitrogens with zero attached hydrogens (tertiary/aromatic N) is 6. The number of hydrogen-bond acceptors (Lipinski definition) is 6. The Kier molecular flexibility index (Phi) is 3.03. The lowest BCUT2D eigenvalue weighted by Crippen LogP contribution is -1.99. The molecular formula is C12H10ClN7. The monoisotopic (exact) mass is 287 g/mol. The number of aromatic nitrogens is 6. The largest absolute Gasteiger partial charge is 0.382 e. The molecule has 0 radical (unpaired) electrons. The molecule has 3 aromatic rings. The summed E-state index contributed by atoms with van der Waals surface area (Å²) in [5.41, 5.74) is 7.82. The molecular weight excluding hydrogens is 278 g/mol. The molecule has 100 valence electrons. The first-order valence-corrected chi connectivity index (χ1v) is 6.14. The number of rotatable bonds is 3. The van der Waals surface area contributed by atoms with Crippen LogP contribution in [0.1, 0.15) is 0 Å². The second-order valence-electron chi connectivity index (χ2n) is 4.03. The highest BCUT2D eigenvalue weighted by atomic mass is 35.5. The first-order chi connectivity index (χ1) is 9.69. The summed E-state index contributed by atoms with van der Waals surface area (Å²) in [5, 5.41) is 0.122. The summed E-state index contributed by atoms with van der Waals surface area (Å²) in [6, 6.07) is 0. The topological polar surface area (TPSA) is 95.4 Å². The molecule has 0 aliphatic carbocycles. The Balaban J connectivity index is 2.24. The van der Waals surface area contributed by atoms with E-state index in [4.69, 9.17) is 17.3 Å². The Bertz CT molecular complexity index is 778. The van der Waals surface area contributed by atoms with Crippen molar-refractivity contribution in [3.05, 3.63) is 36.7 Å².